The smallest absolute Gasteiger partial charge is 0.255 e. The molecule has 4 rings (SSSR count). The number of halogens is 1. The van der Waals surface area contributed by atoms with E-state index in [0.717, 1.165) is 6.42 Å². The van der Waals surface area contributed by atoms with Gasteiger partial charge in [0.2, 0.25) is 0 Å². The van der Waals surface area contributed by atoms with Gasteiger partial charge in [0.15, 0.2) is 0 Å². The normalized spacial score (nSPS) is 12.0. The summed E-state index contributed by atoms with van der Waals surface area (Å²) in [5, 5.41) is 11.7. The Balaban J connectivity index is 1.53. The lowest BCUT2D eigenvalue weighted by Crippen LogP contribution is -2.13. The maximum absolute atomic E-state index is 13.1. The lowest BCUT2D eigenvalue weighted by atomic mass is 10.2. The van der Waals surface area contributed by atoms with Crippen molar-refractivity contribution in [1.29, 1.82) is 0 Å². The number of carbonyl (C=O) groups is 1. The number of benzene rings is 3. The van der Waals surface area contributed by atoms with Gasteiger partial charge in [-0.15, -0.1) is 10.2 Å². The second-order valence-corrected chi connectivity index (χ2v) is 6.99. The van der Waals surface area contributed by atoms with Crippen molar-refractivity contribution >= 4 is 22.6 Å². The molecular formula is C23H21FN4O2. The van der Waals surface area contributed by atoms with Gasteiger partial charge in [-0.25, -0.2) is 4.39 Å². The number of carbonyl (C=O) groups excluding carboxylic acids is 1. The van der Waals surface area contributed by atoms with E-state index in [1.807, 2.05) is 19.9 Å². The second kappa shape index (κ2) is 8.32. The highest BCUT2D eigenvalue weighted by molar-refractivity contribution is 6.05. The number of hydrogen-bond acceptors (Lipinski definition) is 4. The molecule has 152 valence electrons. The molecule has 0 aliphatic heterocycles. The van der Waals surface area contributed by atoms with Gasteiger partial charge in [-0.1, -0.05) is 13.0 Å². The maximum atomic E-state index is 13.1. The van der Waals surface area contributed by atoms with E-state index in [1.54, 1.807) is 48.5 Å². The number of anilines is 1. The summed E-state index contributed by atoms with van der Waals surface area (Å²) in [6, 6.07) is 18.3. The third-order valence-corrected chi connectivity index (χ3v) is 4.70. The Kier molecular flexibility index (Phi) is 5.43. The summed E-state index contributed by atoms with van der Waals surface area (Å²) < 4.78 is 18.9. The molecule has 1 amide bonds. The number of hydrogen-bond donors (Lipinski definition) is 1. The molecule has 30 heavy (non-hydrogen) atoms. The number of rotatable bonds is 6. The first kappa shape index (κ1) is 19.6. The number of ether oxygens (including phenoxy) is 1. The zero-order chi connectivity index (χ0) is 21.1. The van der Waals surface area contributed by atoms with Crippen LogP contribution in [0.15, 0.2) is 66.7 Å². The van der Waals surface area contributed by atoms with Crippen LogP contribution in [0.25, 0.3) is 16.7 Å². The predicted octanol–water partition coefficient (Wildman–Crippen LogP) is 4.99. The highest BCUT2D eigenvalue weighted by Gasteiger charge is 2.11. The third-order valence-electron chi connectivity index (χ3n) is 4.70. The van der Waals surface area contributed by atoms with E-state index in [1.165, 1.54) is 16.9 Å². The molecule has 7 heteroatoms. The first-order chi connectivity index (χ1) is 14.5. The Morgan fingerprint density at radius 2 is 1.83 bits per heavy atom. The Labute approximate surface area is 173 Å². The molecule has 4 aromatic rings. The fourth-order valence-corrected chi connectivity index (χ4v) is 2.91. The minimum Gasteiger partial charge on any atom is -0.491 e. The fourth-order valence-electron chi connectivity index (χ4n) is 2.91. The van der Waals surface area contributed by atoms with Gasteiger partial charge in [-0.05, 0) is 74.0 Å². The van der Waals surface area contributed by atoms with E-state index in [-0.39, 0.29) is 17.8 Å². The van der Waals surface area contributed by atoms with Gasteiger partial charge in [0.25, 0.3) is 5.91 Å². The number of nitrogens with zero attached hydrogens (tertiary/aromatic N) is 3. The van der Waals surface area contributed by atoms with Crippen LogP contribution in [-0.4, -0.2) is 27.0 Å². The Hall–Kier alpha value is -3.74. The molecule has 0 radical (unpaired) electrons. The lowest BCUT2D eigenvalue weighted by Gasteiger charge is -2.13. The van der Waals surface area contributed by atoms with Crippen molar-refractivity contribution in [2.24, 2.45) is 0 Å². The number of amides is 1. The highest BCUT2D eigenvalue weighted by atomic mass is 19.1. The van der Waals surface area contributed by atoms with E-state index in [9.17, 15) is 9.18 Å². The Bertz CT molecular complexity index is 1190. The van der Waals surface area contributed by atoms with Crippen LogP contribution in [0.4, 0.5) is 10.1 Å². The molecule has 3 aromatic carbocycles. The molecule has 0 saturated heterocycles. The standard InChI is InChI=1S/C23H21FN4O2/c1-3-15(2)30-20-6-4-5-16(13-20)23(29)25-18-9-12-21-22(14-18)27-28(26-21)19-10-7-17(24)8-11-19/h4-15H,3H2,1-2H3,(H,25,29)/t15-/m1/s1. The molecule has 1 aromatic heterocycles. The van der Waals surface area contributed by atoms with Crippen molar-refractivity contribution in [3.8, 4) is 11.4 Å². The monoisotopic (exact) mass is 404 g/mol. The summed E-state index contributed by atoms with van der Waals surface area (Å²) in [6.45, 7) is 4.03. The highest BCUT2D eigenvalue weighted by Crippen LogP contribution is 2.20. The molecule has 0 fully saturated rings. The third kappa shape index (κ3) is 4.30. The summed E-state index contributed by atoms with van der Waals surface area (Å²) in [5.74, 6) is 0.101. The minimum absolute atomic E-state index is 0.0782. The van der Waals surface area contributed by atoms with Crippen molar-refractivity contribution in [3.63, 3.8) is 0 Å². The number of nitrogens with one attached hydrogen (secondary N) is 1. The van der Waals surface area contributed by atoms with Crippen molar-refractivity contribution in [2.75, 3.05) is 5.32 Å². The molecule has 0 aliphatic carbocycles. The van der Waals surface area contributed by atoms with Crippen LogP contribution < -0.4 is 10.1 Å². The molecule has 1 heterocycles. The lowest BCUT2D eigenvalue weighted by molar-refractivity contribution is 0.102. The van der Waals surface area contributed by atoms with Crippen LogP contribution in [-0.2, 0) is 0 Å². The molecular weight excluding hydrogens is 383 g/mol. The van der Waals surface area contributed by atoms with Gasteiger partial charge in [-0.2, -0.15) is 4.80 Å². The van der Waals surface area contributed by atoms with Crippen LogP contribution in [0.5, 0.6) is 5.75 Å². The van der Waals surface area contributed by atoms with Gasteiger partial charge in [0.05, 0.1) is 11.8 Å². The topological polar surface area (TPSA) is 69.0 Å². The van der Waals surface area contributed by atoms with Gasteiger partial charge >= 0.3 is 0 Å². The quantitative estimate of drug-likeness (QED) is 0.492. The minimum atomic E-state index is -0.320. The van der Waals surface area contributed by atoms with Gasteiger partial charge < -0.3 is 10.1 Å². The van der Waals surface area contributed by atoms with Crippen molar-refractivity contribution < 1.29 is 13.9 Å². The van der Waals surface area contributed by atoms with Gasteiger partial charge in [0, 0.05) is 11.3 Å². The van der Waals surface area contributed by atoms with Crippen molar-refractivity contribution in [1.82, 2.24) is 15.0 Å². The zero-order valence-electron chi connectivity index (χ0n) is 16.7. The first-order valence-electron chi connectivity index (χ1n) is 9.73. The van der Waals surface area contributed by atoms with E-state index in [2.05, 4.69) is 15.5 Å². The van der Waals surface area contributed by atoms with E-state index in [0.29, 0.717) is 33.7 Å². The average molecular weight is 404 g/mol. The van der Waals surface area contributed by atoms with Crippen LogP contribution in [0.1, 0.15) is 30.6 Å². The van der Waals surface area contributed by atoms with E-state index < -0.39 is 0 Å². The van der Waals surface area contributed by atoms with Crippen LogP contribution in [0.2, 0.25) is 0 Å². The molecule has 0 saturated carbocycles. The molecule has 1 atom stereocenters. The largest absolute Gasteiger partial charge is 0.491 e. The van der Waals surface area contributed by atoms with Crippen molar-refractivity contribution in [3.05, 3.63) is 78.1 Å². The van der Waals surface area contributed by atoms with Crippen LogP contribution in [0, 0.1) is 5.82 Å². The average Bonchev–Trinajstić information content (AvgIpc) is 3.17. The van der Waals surface area contributed by atoms with Crippen LogP contribution in [0.3, 0.4) is 0 Å². The second-order valence-electron chi connectivity index (χ2n) is 6.99. The molecule has 0 spiro atoms. The van der Waals surface area contributed by atoms with Crippen molar-refractivity contribution in [2.45, 2.75) is 26.4 Å². The SMILES string of the molecule is CC[C@@H](C)Oc1cccc(C(=O)Nc2ccc3nn(-c4ccc(F)cc4)nc3c2)c1. The summed E-state index contributed by atoms with van der Waals surface area (Å²) in [4.78, 5) is 14.1. The van der Waals surface area contributed by atoms with Gasteiger partial charge in [-0.3, -0.25) is 4.79 Å². The fraction of sp³-hybridized carbons (Fsp3) is 0.174. The molecule has 0 bridgehead atoms. The molecule has 0 unspecified atom stereocenters. The Morgan fingerprint density at radius 3 is 2.60 bits per heavy atom. The maximum Gasteiger partial charge on any atom is 0.255 e. The number of fused-ring (bicyclic) bond motifs is 1. The predicted molar refractivity (Wildman–Crippen MR) is 114 cm³/mol. The number of aromatic nitrogens is 3. The molecule has 0 aliphatic rings. The summed E-state index contributed by atoms with van der Waals surface area (Å²) in [5.41, 5.74) is 3.04. The Morgan fingerprint density at radius 1 is 1.07 bits per heavy atom. The summed E-state index contributed by atoms with van der Waals surface area (Å²) in [7, 11) is 0. The van der Waals surface area contributed by atoms with Gasteiger partial charge in [0.1, 0.15) is 22.6 Å². The molecule has 6 nitrogen and oxygen atoms in total. The van der Waals surface area contributed by atoms with E-state index in [4.69, 9.17) is 4.74 Å². The molecule has 1 N–H and O–H groups in total. The van der Waals surface area contributed by atoms with Crippen LogP contribution >= 0.6 is 0 Å². The first-order valence-corrected chi connectivity index (χ1v) is 9.73. The van der Waals surface area contributed by atoms with E-state index >= 15 is 0 Å². The summed E-state index contributed by atoms with van der Waals surface area (Å²) in [6.07, 6.45) is 0.962. The summed E-state index contributed by atoms with van der Waals surface area (Å²) >= 11 is 0. The zero-order valence-corrected chi connectivity index (χ0v) is 16.7.